The van der Waals surface area contributed by atoms with Crippen LogP contribution in [0, 0.1) is 17.8 Å². The van der Waals surface area contributed by atoms with E-state index in [-0.39, 0.29) is 11.7 Å². The van der Waals surface area contributed by atoms with Crippen LogP contribution in [-0.4, -0.2) is 18.9 Å². The minimum atomic E-state index is 0.200. The molecule has 1 aromatic rings. The van der Waals surface area contributed by atoms with E-state index in [9.17, 15) is 4.79 Å². The average molecular weight is 306 g/mol. The topological polar surface area (TPSA) is 64.3 Å². The summed E-state index contributed by atoms with van der Waals surface area (Å²) in [6.07, 6.45) is 7.31. The van der Waals surface area contributed by atoms with E-state index >= 15 is 0 Å². The lowest BCUT2D eigenvalue weighted by Gasteiger charge is -2.18. The Balaban J connectivity index is 1.60. The first-order chi connectivity index (χ1) is 10.2. The maximum Gasteiger partial charge on any atom is 0.178 e. The van der Waals surface area contributed by atoms with Crippen LogP contribution in [-0.2, 0) is 0 Å². The summed E-state index contributed by atoms with van der Waals surface area (Å²) in [6.45, 7) is 0. The van der Waals surface area contributed by atoms with Gasteiger partial charge in [0.15, 0.2) is 11.5 Å². The molecule has 0 atom stereocenters. The third-order valence-electron chi connectivity index (χ3n) is 4.83. The Morgan fingerprint density at radius 2 is 1.86 bits per heavy atom. The molecule has 3 saturated carbocycles. The highest BCUT2D eigenvalue weighted by atomic mass is 32.1. The number of nitrogen functional groups attached to an aromatic ring is 1. The number of ether oxygens (including phenoxy) is 1. The van der Waals surface area contributed by atoms with Crippen LogP contribution in [0.2, 0.25) is 0 Å². The number of Topliss-reactive ketones (excluding diaryl/α,β-unsaturated/α-hetero) is 1. The lowest BCUT2D eigenvalue weighted by Crippen LogP contribution is -2.23. The fourth-order valence-corrected chi connectivity index (χ4v) is 4.28. The normalized spacial score (nSPS) is 21.6. The van der Waals surface area contributed by atoms with Crippen LogP contribution < -0.4 is 15.8 Å². The smallest absolute Gasteiger partial charge is 0.178 e. The van der Waals surface area contributed by atoms with Crippen molar-refractivity contribution in [2.45, 2.75) is 44.6 Å². The number of anilines is 2. The van der Waals surface area contributed by atoms with E-state index in [4.69, 9.17) is 10.5 Å². The molecule has 0 spiro atoms. The van der Waals surface area contributed by atoms with Crippen molar-refractivity contribution in [1.29, 1.82) is 0 Å². The molecule has 21 heavy (non-hydrogen) atoms. The van der Waals surface area contributed by atoms with Crippen molar-refractivity contribution >= 4 is 27.8 Å². The van der Waals surface area contributed by atoms with Gasteiger partial charge in [-0.2, -0.15) is 0 Å². The second-order valence-corrected chi connectivity index (χ2v) is 7.71. The summed E-state index contributed by atoms with van der Waals surface area (Å²) in [5.74, 6) is 2.68. The molecule has 1 heterocycles. The summed E-state index contributed by atoms with van der Waals surface area (Å²) in [5, 5.41) is 4.62. The third-order valence-corrected chi connectivity index (χ3v) is 5.97. The fraction of sp³-hybridized carbons (Fsp3) is 0.688. The Morgan fingerprint density at radius 3 is 2.33 bits per heavy atom. The molecular formula is C16H22N2O2S. The van der Waals surface area contributed by atoms with Crippen LogP contribution in [0.3, 0.4) is 0 Å². The summed E-state index contributed by atoms with van der Waals surface area (Å²) >= 11 is 1.50. The van der Waals surface area contributed by atoms with E-state index in [0.717, 1.165) is 29.7 Å². The molecule has 0 radical (unpaired) electrons. The molecule has 114 valence electrons. The second kappa shape index (κ2) is 4.90. The van der Waals surface area contributed by atoms with Gasteiger partial charge < -0.3 is 15.8 Å². The Kier molecular flexibility index (Phi) is 3.14. The van der Waals surface area contributed by atoms with Crippen LogP contribution in [0.4, 0.5) is 10.7 Å². The van der Waals surface area contributed by atoms with Crippen molar-refractivity contribution < 1.29 is 9.53 Å². The van der Waals surface area contributed by atoms with Crippen molar-refractivity contribution in [2.24, 2.45) is 17.8 Å². The molecule has 3 fully saturated rings. The lowest BCUT2D eigenvalue weighted by atomic mass is 10.1. The number of nitrogens with two attached hydrogens (primary N) is 1. The first-order valence-corrected chi connectivity index (χ1v) is 8.77. The summed E-state index contributed by atoms with van der Waals surface area (Å²) in [5.41, 5.74) is 6.70. The van der Waals surface area contributed by atoms with E-state index < -0.39 is 0 Å². The highest BCUT2D eigenvalue weighted by Gasteiger charge is 2.42. The summed E-state index contributed by atoms with van der Waals surface area (Å²) in [4.78, 5) is 13.0. The van der Waals surface area contributed by atoms with E-state index in [1.165, 1.54) is 37.0 Å². The van der Waals surface area contributed by atoms with E-state index in [0.29, 0.717) is 22.4 Å². The molecule has 0 saturated heterocycles. The average Bonchev–Trinajstić information content (AvgIpc) is 3.35. The van der Waals surface area contributed by atoms with Crippen LogP contribution >= 0.6 is 11.3 Å². The van der Waals surface area contributed by atoms with Crippen molar-refractivity contribution in [3.8, 4) is 5.75 Å². The summed E-state index contributed by atoms with van der Waals surface area (Å²) in [6, 6.07) is 0.542. The minimum absolute atomic E-state index is 0.200. The maximum atomic E-state index is 12.3. The molecule has 0 unspecified atom stereocenters. The first kappa shape index (κ1) is 13.4. The molecule has 0 aliphatic heterocycles. The molecule has 3 aliphatic carbocycles. The van der Waals surface area contributed by atoms with E-state index in [1.807, 2.05) is 0 Å². The highest BCUT2D eigenvalue weighted by Crippen LogP contribution is 2.50. The molecule has 0 amide bonds. The number of thiophene rings is 1. The van der Waals surface area contributed by atoms with Gasteiger partial charge >= 0.3 is 0 Å². The zero-order chi connectivity index (χ0) is 14.6. The van der Waals surface area contributed by atoms with Gasteiger partial charge in [-0.05, 0) is 50.4 Å². The van der Waals surface area contributed by atoms with Crippen molar-refractivity contribution in [3.63, 3.8) is 0 Å². The Bertz CT molecular complexity index is 559. The Hall–Kier alpha value is -1.23. The van der Waals surface area contributed by atoms with Gasteiger partial charge in [0.25, 0.3) is 0 Å². The quantitative estimate of drug-likeness (QED) is 0.756. The number of methoxy groups -OCH3 is 1. The van der Waals surface area contributed by atoms with Crippen LogP contribution in [0.15, 0.2) is 0 Å². The zero-order valence-corrected chi connectivity index (χ0v) is 13.2. The highest BCUT2D eigenvalue weighted by molar-refractivity contribution is 7.19. The third kappa shape index (κ3) is 2.52. The first-order valence-electron chi connectivity index (χ1n) is 7.96. The van der Waals surface area contributed by atoms with E-state index in [2.05, 4.69) is 5.32 Å². The van der Waals surface area contributed by atoms with Gasteiger partial charge in [0.05, 0.1) is 17.7 Å². The monoisotopic (exact) mass is 306 g/mol. The Morgan fingerprint density at radius 1 is 1.24 bits per heavy atom. The predicted octanol–water partition coefficient (Wildman–Crippen LogP) is 3.53. The van der Waals surface area contributed by atoms with Crippen molar-refractivity contribution in [3.05, 3.63) is 4.88 Å². The number of carbonyl (C=O) groups excluding carboxylic acids is 1. The largest absolute Gasteiger partial charge is 0.492 e. The predicted molar refractivity (Wildman–Crippen MR) is 85.2 cm³/mol. The number of carbonyl (C=O) groups is 1. The molecule has 5 heteroatoms. The maximum absolute atomic E-state index is 12.3. The SMILES string of the molecule is COc1c(NC(C2CC2)C2CC2)sc(C(=O)C2CC2)c1N. The summed E-state index contributed by atoms with van der Waals surface area (Å²) in [7, 11) is 1.64. The van der Waals surface area contributed by atoms with E-state index in [1.54, 1.807) is 7.11 Å². The van der Waals surface area contributed by atoms with Gasteiger partial charge in [0, 0.05) is 12.0 Å². The molecule has 3 N–H and O–H groups in total. The summed E-state index contributed by atoms with van der Waals surface area (Å²) < 4.78 is 5.48. The molecule has 3 aliphatic rings. The lowest BCUT2D eigenvalue weighted by molar-refractivity contribution is 0.0972. The van der Waals surface area contributed by atoms with Gasteiger partial charge in [-0.25, -0.2) is 0 Å². The van der Waals surface area contributed by atoms with Crippen LogP contribution in [0.25, 0.3) is 0 Å². The number of hydrogen-bond acceptors (Lipinski definition) is 5. The van der Waals surface area contributed by atoms with Gasteiger partial charge in [0.1, 0.15) is 5.00 Å². The molecule has 1 aromatic heterocycles. The number of rotatable bonds is 7. The number of nitrogens with one attached hydrogen (secondary N) is 1. The molecular weight excluding hydrogens is 284 g/mol. The second-order valence-electron chi connectivity index (χ2n) is 6.69. The molecule has 0 aromatic carbocycles. The van der Waals surface area contributed by atoms with Crippen molar-refractivity contribution in [1.82, 2.24) is 0 Å². The fourth-order valence-electron chi connectivity index (χ4n) is 3.12. The van der Waals surface area contributed by atoms with Crippen LogP contribution in [0.5, 0.6) is 5.75 Å². The minimum Gasteiger partial charge on any atom is -0.492 e. The van der Waals surface area contributed by atoms with Gasteiger partial charge in [-0.1, -0.05) is 0 Å². The van der Waals surface area contributed by atoms with Crippen molar-refractivity contribution in [2.75, 3.05) is 18.2 Å². The van der Waals surface area contributed by atoms with Gasteiger partial charge in [-0.15, -0.1) is 11.3 Å². The molecule has 4 nitrogen and oxygen atoms in total. The molecule has 4 rings (SSSR count). The standard InChI is InChI=1S/C16H22N2O2S/c1-20-14-11(17)15(13(19)10-6-7-10)21-16(14)18-12(8-2-3-8)9-4-5-9/h8-10,12,18H,2-7,17H2,1H3. The van der Waals surface area contributed by atoms with Gasteiger partial charge in [0.2, 0.25) is 0 Å². The van der Waals surface area contributed by atoms with Gasteiger partial charge in [-0.3, -0.25) is 4.79 Å². The molecule has 0 bridgehead atoms. The zero-order valence-electron chi connectivity index (χ0n) is 12.4. The number of hydrogen-bond donors (Lipinski definition) is 2. The van der Waals surface area contributed by atoms with Crippen LogP contribution in [0.1, 0.15) is 48.2 Å². The number of ketones is 1. The Labute approximate surface area is 129 Å².